The smallest absolute Gasteiger partial charge is 0.338 e. The van der Waals surface area contributed by atoms with E-state index in [1.807, 2.05) is 38.1 Å². The van der Waals surface area contributed by atoms with Crippen molar-refractivity contribution in [2.75, 3.05) is 12.4 Å². The van der Waals surface area contributed by atoms with Gasteiger partial charge >= 0.3 is 12.0 Å². The van der Waals surface area contributed by atoms with Crippen LogP contribution in [0, 0.1) is 13.8 Å². The lowest BCUT2D eigenvalue weighted by atomic mass is 10.0. The molecule has 0 radical (unpaired) electrons. The number of benzene rings is 2. The maximum Gasteiger partial charge on any atom is 0.338 e. The number of esters is 1. The molecule has 24 heavy (non-hydrogen) atoms. The van der Waals surface area contributed by atoms with Crippen molar-refractivity contribution in [3.05, 3.63) is 64.2 Å². The zero-order chi connectivity index (χ0) is 17.3. The molecule has 5 heteroatoms. The van der Waals surface area contributed by atoms with Crippen LogP contribution in [0.1, 0.15) is 32.6 Å². The number of carbonyl (C=O) groups is 2. The van der Waals surface area contributed by atoms with Crippen LogP contribution >= 0.6 is 0 Å². The molecule has 0 atom stereocenters. The fraction of sp³-hybridized carbons (Fsp3) is 0.263. The van der Waals surface area contributed by atoms with E-state index in [0.717, 1.165) is 11.1 Å². The van der Waals surface area contributed by atoms with Crippen molar-refractivity contribution in [2.24, 2.45) is 0 Å². The molecule has 1 heterocycles. The van der Waals surface area contributed by atoms with E-state index in [0.29, 0.717) is 24.3 Å². The van der Waals surface area contributed by atoms with Gasteiger partial charge in [0.2, 0.25) is 0 Å². The SMILES string of the molecule is COC(=O)c1ccc(NC(=O)N2Cc3ccccc3C2)c(C)c1C. The maximum atomic E-state index is 12.5. The normalized spacial score (nSPS) is 12.7. The number of hydrogen-bond acceptors (Lipinski definition) is 3. The van der Waals surface area contributed by atoms with Crippen LogP contribution in [0.5, 0.6) is 0 Å². The lowest BCUT2D eigenvalue weighted by Gasteiger charge is -2.19. The number of hydrogen-bond donors (Lipinski definition) is 1. The minimum atomic E-state index is -0.372. The van der Waals surface area contributed by atoms with Crippen molar-refractivity contribution in [1.82, 2.24) is 4.90 Å². The molecule has 124 valence electrons. The first-order valence-corrected chi connectivity index (χ1v) is 7.82. The van der Waals surface area contributed by atoms with Gasteiger partial charge in [0.1, 0.15) is 0 Å². The fourth-order valence-corrected chi connectivity index (χ4v) is 2.96. The molecule has 0 saturated heterocycles. The number of anilines is 1. The highest BCUT2D eigenvalue weighted by Gasteiger charge is 2.23. The van der Waals surface area contributed by atoms with Gasteiger partial charge in [-0.1, -0.05) is 24.3 Å². The second-order valence-electron chi connectivity index (χ2n) is 5.96. The molecule has 0 saturated carbocycles. The molecule has 1 aliphatic rings. The summed E-state index contributed by atoms with van der Waals surface area (Å²) in [7, 11) is 1.36. The van der Waals surface area contributed by atoms with E-state index in [-0.39, 0.29) is 12.0 Å². The Morgan fingerprint density at radius 2 is 1.62 bits per heavy atom. The zero-order valence-electron chi connectivity index (χ0n) is 14.1. The Kier molecular flexibility index (Phi) is 4.25. The predicted octanol–water partition coefficient (Wildman–Crippen LogP) is 3.64. The molecule has 0 aliphatic carbocycles. The summed E-state index contributed by atoms with van der Waals surface area (Å²) in [4.78, 5) is 26.1. The van der Waals surface area contributed by atoms with Crippen molar-refractivity contribution in [1.29, 1.82) is 0 Å². The highest BCUT2D eigenvalue weighted by atomic mass is 16.5. The summed E-state index contributed by atoms with van der Waals surface area (Å²) in [6.07, 6.45) is 0. The Balaban J connectivity index is 1.76. The molecule has 0 spiro atoms. The summed E-state index contributed by atoms with van der Waals surface area (Å²) in [5.41, 5.74) is 5.26. The van der Waals surface area contributed by atoms with E-state index in [4.69, 9.17) is 4.74 Å². The van der Waals surface area contributed by atoms with Crippen LogP contribution in [0.4, 0.5) is 10.5 Å². The summed E-state index contributed by atoms with van der Waals surface area (Å²) >= 11 is 0. The Morgan fingerprint density at radius 1 is 1.00 bits per heavy atom. The average Bonchev–Trinajstić information content (AvgIpc) is 3.02. The van der Waals surface area contributed by atoms with Crippen molar-refractivity contribution in [3.8, 4) is 0 Å². The summed E-state index contributed by atoms with van der Waals surface area (Å²) in [5.74, 6) is -0.372. The Hall–Kier alpha value is -2.82. The highest BCUT2D eigenvalue weighted by Crippen LogP contribution is 2.26. The van der Waals surface area contributed by atoms with E-state index in [2.05, 4.69) is 5.32 Å². The van der Waals surface area contributed by atoms with Crippen LogP contribution in [0.2, 0.25) is 0 Å². The van der Waals surface area contributed by atoms with E-state index in [1.54, 1.807) is 17.0 Å². The number of amides is 2. The number of fused-ring (bicyclic) bond motifs is 1. The third-order valence-corrected chi connectivity index (χ3v) is 4.56. The van der Waals surface area contributed by atoms with Crippen LogP contribution < -0.4 is 5.32 Å². The summed E-state index contributed by atoms with van der Waals surface area (Å²) in [6.45, 7) is 4.96. The second kappa shape index (κ2) is 6.35. The van der Waals surface area contributed by atoms with Crippen LogP contribution in [-0.2, 0) is 17.8 Å². The molecule has 0 bridgehead atoms. The van der Waals surface area contributed by atoms with Crippen molar-refractivity contribution < 1.29 is 14.3 Å². The van der Waals surface area contributed by atoms with Gasteiger partial charge in [-0.3, -0.25) is 0 Å². The molecular formula is C19H20N2O3. The second-order valence-corrected chi connectivity index (χ2v) is 5.96. The standard InChI is InChI=1S/C19H20N2O3/c1-12-13(2)17(9-8-16(12)18(22)24-3)20-19(23)21-10-14-6-4-5-7-15(14)11-21/h4-9H,10-11H2,1-3H3,(H,20,23). The van der Waals surface area contributed by atoms with Gasteiger partial charge in [-0.25, -0.2) is 9.59 Å². The number of nitrogens with zero attached hydrogens (tertiary/aromatic N) is 1. The van der Waals surface area contributed by atoms with Gasteiger partial charge in [0.15, 0.2) is 0 Å². The number of nitrogens with one attached hydrogen (secondary N) is 1. The number of ether oxygens (including phenoxy) is 1. The van der Waals surface area contributed by atoms with E-state index in [1.165, 1.54) is 18.2 Å². The quantitative estimate of drug-likeness (QED) is 0.858. The topological polar surface area (TPSA) is 58.6 Å². The zero-order valence-corrected chi connectivity index (χ0v) is 14.1. The first-order chi connectivity index (χ1) is 11.5. The Bertz CT molecular complexity index is 789. The summed E-state index contributed by atoms with van der Waals surface area (Å²) in [6, 6.07) is 11.3. The van der Waals surface area contributed by atoms with E-state index in [9.17, 15) is 9.59 Å². The van der Waals surface area contributed by atoms with E-state index < -0.39 is 0 Å². The molecule has 1 N–H and O–H groups in total. The molecule has 2 amide bonds. The molecule has 1 aliphatic heterocycles. The number of carbonyl (C=O) groups excluding carboxylic acids is 2. The van der Waals surface area contributed by atoms with Gasteiger partial charge in [0.25, 0.3) is 0 Å². The van der Waals surface area contributed by atoms with Crippen LogP contribution in [0.15, 0.2) is 36.4 Å². The fourth-order valence-electron chi connectivity index (χ4n) is 2.96. The third-order valence-electron chi connectivity index (χ3n) is 4.56. The average molecular weight is 324 g/mol. The van der Waals surface area contributed by atoms with Gasteiger partial charge < -0.3 is 15.0 Å². The molecule has 0 fully saturated rings. The first-order valence-electron chi connectivity index (χ1n) is 7.82. The molecule has 2 aromatic carbocycles. The predicted molar refractivity (Wildman–Crippen MR) is 92.0 cm³/mol. The van der Waals surface area contributed by atoms with Gasteiger partial charge in [0.05, 0.1) is 12.7 Å². The summed E-state index contributed by atoms with van der Waals surface area (Å²) < 4.78 is 4.78. The van der Waals surface area contributed by atoms with Gasteiger partial charge in [-0.2, -0.15) is 0 Å². The number of methoxy groups -OCH3 is 1. The first kappa shape index (κ1) is 16.1. The maximum absolute atomic E-state index is 12.5. The number of rotatable bonds is 2. The molecule has 5 nitrogen and oxygen atoms in total. The van der Waals surface area contributed by atoms with Gasteiger partial charge in [-0.15, -0.1) is 0 Å². The minimum absolute atomic E-state index is 0.139. The highest BCUT2D eigenvalue weighted by molar-refractivity contribution is 5.95. The molecular weight excluding hydrogens is 304 g/mol. The molecule has 0 aromatic heterocycles. The Labute approximate surface area is 141 Å². The minimum Gasteiger partial charge on any atom is -0.465 e. The molecule has 3 rings (SSSR count). The molecule has 0 unspecified atom stereocenters. The van der Waals surface area contributed by atoms with E-state index >= 15 is 0 Å². The van der Waals surface area contributed by atoms with Crippen molar-refractivity contribution >= 4 is 17.7 Å². The third kappa shape index (κ3) is 2.85. The van der Waals surface area contributed by atoms with Crippen molar-refractivity contribution in [3.63, 3.8) is 0 Å². The lowest BCUT2D eigenvalue weighted by Crippen LogP contribution is -2.30. The lowest BCUT2D eigenvalue weighted by molar-refractivity contribution is 0.0600. The number of urea groups is 1. The largest absolute Gasteiger partial charge is 0.465 e. The van der Waals surface area contributed by atoms with Crippen LogP contribution in [0.25, 0.3) is 0 Å². The van der Waals surface area contributed by atoms with Crippen molar-refractivity contribution in [2.45, 2.75) is 26.9 Å². The monoisotopic (exact) mass is 324 g/mol. The van der Waals surface area contributed by atoms with Gasteiger partial charge in [-0.05, 0) is 48.2 Å². The Morgan fingerprint density at radius 3 is 2.21 bits per heavy atom. The van der Waals surface area contributed by atoms with Crippen LogP contribution in [-0.4, -0.2) is 24.0 Å². The summed E-state index contributed by atoms with van der Waals surface area (Å²) in [5, 5.41) is 2.95. The molecule has 2 aromatic rings. The van der Waals surface area contributed by atoms with Gasteiger partial charge in [0, 0.05) is 18.8 Å². The van der Waals surface area contributed by atoms with Crippen LogP contribution in [0.3, 0.4) is 0 Å².